The largest absolute Gasteiger partial charge is 0.351 e. The van der Waals surface area contributed by atoms with Crippen molar-refractivity contribution in [3.8, 4) is 0 Å². The molecule has 0 spiro atoms. The Kier molecular flexibility index (Phi) is 7.33. The number of hydrogen-bond donors (Lipinski definition) is 2. The van der Waals surface area contributed by atoms with Crippen molar-refractivity contribution in [1.29, 1.82) is 0 Å². The number of nitrogens with zero attached hydrogens (tertiary/aromatic N) is 2. The standard InChI is InChI=1S/C18H27FN4O2/c1-14(20)6-7-17(24)23-12-10-22(11-13-23)9-8-21-18(25)15-4-2-3-5-16(15)19/h2-5,14H,6-13,20H2,1H3,(H,21,25). The predicted molar refractivity (Wildman–Crippen MR) is 94.6 cm³/mol. The number of rotatable bonds is 7. The molecule has 25 heavy (non-hydrogen) atoms. The molecule has 2 amide bonds. The first-order chi connectivity index (χ1) is 12.0. The number of amides is 2. The minimum atomic E-state index is -0.515. The van der Waals surface area contributed by atoms with Gasteiger partial charge < -0.3 is 16.0 Å². The quantitative estimate of drug-likeness (QED) is 0.763. The number of carbonyl (C=O) groups excluding carboxylic acids is 2. The minimum absolute atomic E-state index is 0.0447. The molecule has 3 N–H and O–H groups in total. The fourth-order valence-electron chi connectivity index (χ4n) is 2.80. The van der Waals surface area contributed by atoms with Crippen molar-refractivity contribution < 1.29 is 14.0 Å². The van der Waals surface area contributed by atoms with E-state index in [1.54, 1.807) is 12.1 Å². The van der Waals surface area contributed by atoms with Crippen LogP contribution in [0.25, 0.3) is 0 Å². The van der Waals surface area contributed by atoms with Crippen LogP contribution >= 0.6 is 0 Å². The van der Waals surface area contributed by atoms with Gasteiger partial charge in [-0.3, -0.25) is 14.5 Å². The maximum Gasteiger partial charge on any atom is 0.254 e. The van der Waals surface area contributed by atoms with Crippen LogP contribution in [0.5, 0.6) is 0 Å². The van der Waals surface area contributed by atoms with Crippen molar-refractivity contribution in [2.45, 2.75) is 25.8 Å². The van der Waals surface area contributed by atoms with Crippen LogP contribution in [0.1, 0.15) is 30.1 Å². The minimum Gasteiger partial charge on any atom is -0.351 e. The van der Waals surface area contributed by atoms with E-state index in [2.05, 4.69) is 10.2 Å². The van der Waals surface area contributed by atoms with Crippen molar-refractivity contribution in [2.24, 2.45) is 5.73 Å². The molecule has 2 rings (SSSR count). The van der Waals surface area contributed by atoms with Gasteiger partial charge in [0.1, 0.15) is 5.82 Å². The van der Waals surface area contributed by atoms with Gasteiger partial charge in [0.2, 0.25) is 5.91 Å². The molecule has 1 aliphatic rings. The molecule has 1 saturated heterocycles. The van der Waals surface area contributed by atoms with Crippen LogP contribution in [-0.2, 0) is 4.79 Å². The fraction of sp³-hybridized carbons (Fsp3) is 0.556. The van der Waals surface area contributed by atoms with Gasteiger partial charge in [-0.15, -0.1) is 0 Å². The van der Waals surface area contributed by atoms with Gasteiger partial charge >= 0.3 is 0 Å². The Morgan fingerprint density at radius 1 is 1.24 bits per heavy atom. The van der Waals surface area contributed by atoms with E-state index in [0.717, 1.165) is 13.1 Å². The summed E-state index contributed by atoms with van der Waals surface area (Å²) in [4.78, 5) is 28.1. The van der Waals surface area contributed by atoms with Crippen LogP contribution in [0.2, 0.25) is 0 Å². The van der Waals surface area contributed by atoms with E-state index in [0.29, 0.717) is 39.0 Å². The molecular formula is C18H27FN4O2. The molecule has 138 valence electrons. The SMILES string of the molecule is CC(N)CCC(=O)N1CCN(CCNC(=O)c2ccccc2F)CC1. The Hall–Kier alpha value is -1.99. The van der Waals surface area contributed by atoms with E-state index in [1.807, 2.05) is 11.8 Å². The molecule has 7 heteroatoms. The van der Waals surface area contributed by atoms with Gasteiger partial charge in [0.15, 0.2) is 0 Å². The molecule has 0 radical (unpaired) electrons. The van der Waals surface area contributed by atoms with Gasteiger partial charge in [-0.2, -0.15) is 0 Å². The molecule has 0 aromatic heterocycles. The Bertz CT molecular complexity index is 586. The molecule has 0 saturated carbocycles. The van der Waals surface area contributed by atoms with Crippen LogP contribution < -0.4 is 11.1 Å². The summed E-state index contributed by atoms with van der Waals surface area (Å²) in [5.41, 5.74) is 5.75. The molecule has 1 unspecified atom stereocenters. The number of piperazine rings is 1. The van der Waals surface area contributed by atoms with E-state index in [-0.39, 0.29) is 17.5 Å². The van der Waals surface area contributed by atoms with Crippen LogP contribution in [0.3, 0.4) is 0 Å². The third-order valence-electron chi connectivity index (χ3n) is 4.37. The molecule has 1 heterocycles. The summed E-state index contributed by atoms with van der Waals surface area (Å²) < 4.78 is 13.5. The molecule has 1 aromatic rings. The van der Waals surface area contributed by atoms with Gasteiger partial charge in [-0.25, -0.2) is 4.39 Å². The van der Waals surface area contributed by atoms with Crippen LogP contribution in [0.4, 0.5) is 4.39 Å². The van der Waals surface area contributed by atoms with Crippen LogP contribution in [0, 0.1) is 5.82 Å². The fourth-order valence-corrected chi connectivity index (χ4v) is 2.80. The third kappa shape index (κ3) is 6.10. The second kappa shape index (κ2) is 9.48. The van der Waals surface area contributed by atoms with Crippen molar-refractivity contribution in [3.05, 3.63) is 35.6 Å². The van der Waals surface area contributed by atoms with Gasteiger partial charge in [0.25, 0.3) is 5.91 Å². The van der Waals surface area contributed by atoms with Gasteiger partial charge in [-0.1, -0.05) is 12.1 Å². The lowest BCUT2D eigenvalue weighted by molar-refractivity contribution is -0.133. The molecule has 1 aromatic carbocycles. The Morgan fingerprint density at radius 2 is 1.92 bits per heavy atom. The predicted octanol–water partition coefficient (Wildman–Crippen LogP) is 0.827. The van der Waals surface area contributed by atoms with Crippen molar-refractivity contribution in [1.82, 2.24) is 15.1 Å². The van der Waals surface area contributed by atoms with Gasteiger partial charge in [-0.05, 0) is 25.5 Å². The zero-order valence-corrected chi connectivity index (χ0v) is 14.7. The topological polar surface area (TPSA) is 78.7 Å². The smallest absolute Gasteiger partial charge is 0.254 e. The first-order valence-corrected chi connectivity index (χ1v) is 8.76. The lowest BCUT2D eigenvalue weighted by Gasteiger charge is -2.34. The summed E-state index contributed by atoms with van der Waals surface area (Å²) in [6, 6.07) is 5.98. The summed E-state index contributed by atoms with van der Waals surface area (Å²) >= 11 is 0. The van der Waals surface area contributed by atoms with E-state index in [1.165, 1.54) is 12.1 Å². The lowest BCUT2D eigenvalue weighted by Crippen LogP contribution is -2.50. The zero-order valence-electron chi connectivity index (χ0n) is 14.7. The van der Waals surface area contributed by atoms with Gasteiger partial charge in [0.05, 0.1) is 5.56 Å². The molecule has 0 aliphatic carbocycles. The Balaban J connectivity index is 1.66. The van der Waals surface area contributed by atoms with Crippen molar-refractivity contribution in [3.63, 3.8) is 0 Å². The van der Waals surface area contributed by atoms with Crippen LogP contribution in [-0.4, -0.2) is 66.9 Å². The average molecular weight is 350 g/mol. The summed E-state index contributed by atoms with van der Waals surface area (Å²) in [7, 11) is 0. The monoisotopic (exact) mass is 350 g/mol. The van der Waals surface area contributed by atoms with Crippen molar-refractivity contribution in [2.75, 3.05) is 39.3 Å². The summed E-state index contributed by atoms with van der Waals surface area (Å²) in [6.45, 7) is 5.98. The number of benzene rings is 1. The maximum atomic E-state index is 13.5. The molecule has 0 bridgehead atoms. The number of nitrogens with two attached hydrogens (primary N) is 1. The first-order valence-electron chi connectivity index (χ1n) is 8.76. The van der Waals surface area contributed by atoms with E-state index < -0.39 is 11.7 Å². The highest BCUT2D eigenvalue weighted by atomic mass is 19.1. The third-order valence-corrected chi connectivity index (χ3v) is 4.37. The second-order valence-electron chi connectivity index (χ2n) is 6.47. The Labute approximate surface area is 148 Å². The number of carbonyl (C=O) groups is 2. The van der Waals surface area contributed by atoms with E-state index in [9.17, 15) is 14.0 Å². The molecule has 1 atom stereocenters. The van der Waals surface area contributed by atoms with Gasteiger partial charge in [0, 0.05) is 51.7 Å². The second-order valence-corrected chi connectivity index (χ2v) is 6.47. The number of halogens is 1. The van der Waals surface area contributed by atoms with Crippen LogP contribution in [0.15, 0.2) is 24.3 Å². The summed E-state index contributed by atoms with van der Waals surface area (Å²) in [6.07, 6.45) is 1.21. The molecular weight excluding hydrogens is 323 g/mol. The highest BCUT2D eigenvalue weighted by Crippen LogP contribution is 2.07. The Morgan fingerprint density at radius 3 is 2.56 bits per heavy atom. The summed E-state index contributed by atoms with van der Waals surface area (Å²) in [5, 5.41) is 2.74. The number of nitrogens with one attached hydrogen (secondary N) is 1. The van der Waals surface area contributed by atoms with E-state index >= 15 is 0 Å². The summed E-state index contributed by atoms with van der Waals surface area (Å²) in [5.74, 6) is -0.758. The first kappa shape index (κ1) is 19.3. The normalized spacial score (nSPS) is 16.5. The molecule has 1 aliphatic heterocycles. The highest BCUT2D eigenvalue weighted by molar-refractivity contribution is 5.94. The van der Waals surface area contributed by atoms with E-state index in [4.69, 9.17) is 5.73 Å². The van der Waals surface area contributed by atoms with Crippen molar-refractivity contribution >= 4 is 11.8 Å². The molecule has 1 fully saturated rings. The zero-order chi connectivity index (χ0) is 18.2. The molecule has 6 nitrogen and oxygen atoms in total. The highest BCUT2D eigenvalue weighted by Gasteiger charge is 2.21. The maximum absolute atomic E-state index is 13.5. The lowest BCUT2D eigenvalue weighted by atomic mass is 10.1. The average Bonchev–Trinajstić information content (AvgIpc) is 2.60. The number of hydrogen-bond acceptors (Lipinski definition) is 4.